The van der Waals surface area contributed by atoms with Crippen molar-refractivity contribution in [1.29, 1.82) is 0 Å². The van der Waals surface area contributed by atoms with Crippen molar-refractivity contribution in [2.45, 2.75) is 13.8 Å². The molecule has 9 heteroatoms. The molecule has 0 aromatic heterocycles. The Morgan fingerprint density at radius 3 is 1.74 bits per heavy atom. The van der Waals surface area contributed by atoms with Crippen LogP contribution in [0.3, 0.4) is 0 Å². The van der Waals surface area contributed by atoms with Gasteiger partial charge in [0.05, 0.1) is 27.4 Å². The summed E-state index contributed by atoms with van der Waals surface area (Å²) in [6.07, 6.45) is -2.05. The molecular formula is C18H19FO8. The number of rotatable bonds is 6. The van der Waals surface area contributed by atoms with E-state index in [1.807, 2.05) is 0 Å². The maximum atomic E-state index is 13.9. The highest BCUT2D eigenvalue weighted by Crippen LogP contribution is 2.51. The van der Waals surface area contributed by atoms with Gasteiger partial charge < -0.3 is 28.4 Å². The normalized spacial score (nSPS) is 10.3. The first kappa shape index (κ1) is 20.1. The Balaban J connectivity index is 2.89. The zero-order valence-electron chi connectivity index (χ0n) is 15.3. The molecule has 8 nitrogen and oxygen atoms in total. The third kappa shape index (κ3) is 4.30. The molecule has 0 spiro atoms. The molecule has 2 aromatic rings. The number of halogens is 1. The lowest BCUT2D eigenvalue weighted by Gasteiger charge is -2.20. The summed E-state index contributed by atoms with van der Waals surface area (Å²) in [5.41, 5.74) is 0. The van der Waals surface area contributed by atoms with Gasteiger partial charge in [0.15, 0.2) is 11.5 Å². The Kier molecular flexibility index (Phi) is 6.64. The van der Waals surface area contributed by atoms with Crippen molar-refractivity contribution in [1.82, 2.24) is 0 Å². The Morgan fingerprint density at radius 2 is 1.30 bits per heavy atom. The van der Waals surface area contributed by atoms with Crippen LogP contribution in [-0.4, -0.2) is 39.7 Å². The van der Waals surface area contributed by atoms with Gasteiger partial charge >= 0.3 is 12.3 Å². The SMILES string of the molecule is CCOc1c(OCC)c(OC(=O)OC)c2cc(F)ccc2c1OC(=O)OC. The summed E-state index contributed by atoms with van der Waals surface area (Å²) in [7, 11) is 2.27. The molecule has 0 radical (unpaired) electrons. The van der Waals surface area contributed by atoms with Crippen molar-refractivity contribution in [3.05, 3.63) is 24.0 Å². The number of fused-ring (bicyclic) bond motifs is 1. The molecule has 2 rings (SSSR count). The van der Waals surface area contributed by atoms with E-state index in [4.69, 9.17) is 18.9 Å². The van der Waals surface area contributed by atoms with Gasteiger partial charge in [0.1, 0.15) is 5.82 Å². The van der Waals surface area contributed by atoms with Crippen LogP contribution in [0.15, 0.2) is 18.2 Å². The molecule has 0 saturated carbocycles. The van der Waals surface area contributed by atoms with Crippen LogP contribution in [0.1, 0.15) is 13.8 Å². The van der Waals surface area contributed by atoms with E-state index in [9.17, 15) is 14.0 Å². The molecule has 0 N–H and O–H groups in total. The largest absolute Gasteiger partial charge is 0.513 e. The maximum Gasteiger partial charge on any atom is 0.513 e. The molecule has 0 fully saturated rings. The average Bonchev–Trinajstić information content (AvgIpc) is 2.66. The number of benzene rings is 2. The standard InChI is InChI=1S/C18H19FO8/c1-5-24-15-13(26-17(20)22-3)11-8-7-10(19)9-12(11)14(16(15)25-6-2)27-18(21)23-4/h7-9H,5-6H2,1-4H3. The first-order valence-corrected chi connectivity index (χ1v) is 8.03. The van der Waals surface area contributed by atoms with E-state index < -0.39 is 18.1 Å². The topological polar surface area (TPSA) is 89.5 Å². The number of hydrogen-bond acceptors (Lipinski definition) is 8. The second-order valence-electron chi connectivity index (χ2n) is 4.98. The van der Waals surface area contributed by atoms with Crippen LogP contribution in [0, 0.1) is 5.82 Å². The molecule has 0 atom stereocenters. The van der Waals surface area contributed by atoms with Gasteiger partial charge in [0, 0.05) is 10.8 Å². The molecular weight excluding hydrogens is 363 g/mol. The average molecular weight is 382 g/mol. The van der Waals surface area contributed by atoms with Crippen LogP contribution in [0.2, 0.25) is 0 Å². The summed E-state index contributed by atoms with van der Waals surface area (Å²) in [6, 6.07) is 3.62. The minimum Gasteiger partial charge on any atom is -0.487 e. The fourth-order valence-electron chi connectivity index (χ4n) is 2.36. The van der Waals surface area contributed by atoms with E-state index in [0.717, 1.165) is 26.4 Å². The maximum absolute atomic E-state index is 13.9. The van der Waals surface area contributed by atoms with Crippen molar-refractivity contribution < 1.29 is 42.4 Å². The summed E-state index contributed by atoms with van der Waals surface area (Å²) in [5.74, 6) is -0.824. The molecule has 0 amide bonds. The summed E-state index contributed by atoms with van der Waals surface area (Å²) in [5, 5.41) is 0.360. The number of carbonyl (C=O) groups is 2. The lowest BCUT2D eigenvalue weighted by molar-refractivity contribution is 0.116. The van der Waals surface area contributed by atoms with Gasteiger partial charge in [0.2, 0.25) is 11.5 Å². The monoisotopic (exact) mass is 382 g/mol. The lowest BCUT2D eigenvalue weighted by Crippen LogP contribution is -2.13. The lowest BCUT2D eigenvalue weighted by atomic mass is 10.1. The molecule has 0 heterocycles. The highest BCUT2D eigenvalue weighted by Gasteiger charge is 2.28. The van der Waals surface area contributed by atoms with E-state index in [1.165, 1.54) is 6.07 Å². The molecule has 0 aliphatic carbocycles. The molecule has 146 valence electrons. The summed E-state index contributed by atoms with van der Waals surface area (Å²) >= 11 is 0. The second kappa shape index (κ2) is 8.93. The van der Waals surface area contributed by atoms with Crippen LogP contribution < -0.4 is 18.9 Å². The van der Waals surface area contributed by atoms with E-state index in [1.54, 1.807) is 13.8 Å². The fourth-order valence-corrected chi connectivity index (χ4v) is 2.36. The molecule has 0 bridgehead atoms. The fraction of sp³-hybridized carbons (Fsp3) is 0.333. The van der Waals surface area contributed by atoms with Crippen molar-refractivity contribution in [3.63, 3.8) is 0 Å². The smallest absolute Gasteiger partial charge is 0.487 e. The second-order valence-corrected chi connectivity index (χ2v) is 4.98. The minimum atomic E-state index is -1.04. The van der Waals surface area contributed by atoms with Crippen LogP contribution in [0.4, 0.5) is 14.0 Å². The Labute approximate surface area is 154 Å². The van der Waals surface area contributed by atoms with E-state index >= 15 is 0 Å². The first-order valence-electron chi connectivity index (χ1n) is 8.03. The third-order valence-electron chi connectivity index (χ3n) is 3.37. The quantitative estimate of drug-likeness (QED) is 0.546. The van der Waals surface area contributed by atoms with Gasteiger partial charge in [-0.3, -0.25) is 0 Å². The third-order valence-corrected chi connectivity index (χ3v) is 3.37. The van der Waals surface area contributed by atoms with Crippen LogP contribution in [0.5, 0.6) is 23.0 Å². The van der Waals surface area contributed by atoms with Gasteiger partial charge in [-0.15, -0.1) is 0 Å². The zero-order valence-corrected chi connectivity index (χ0v) is 15.3. The van der Waals surface area contributed by atoms with E-state index in [0.29, 0.717) is 0 Å². The summed E-state index contributed by atoms with van der Waals surface area (Å²) in [4.78, 5) is 23.4. The van der Waals surface area contributed by atoms with E-state index in [2.05, 4.69) is 9.47 Å². The number of ether oxygens (including phenoxy) is 6. The van der Waals surface area contributed by atoms with Gasteiger partial charge in [-0.25, -0.2) is 14.0 Å². The van der Waals surface area contributed by atoms with E-state index in [-0.39, 0.29) is 47.0 Å². The Hall–Kier alpha value is -3.23. The summed E-state index contributed by atoms with van der Waals surface area (Å²) < 4.78 is 44.5. The Bertz CT molecular complexity index is 849. The van der Waals surface area contributed by atoms with Crippen molar-refractivity contribution in [3.8, 4) is 23.0 Å². The molecule has 0 saturated heterocycles. The van der Waals surface area contributed by atoms with Gasteiger partial charge in [0.25, 0.3) is 0 Å². The molecule has 0 aliphatic heterocycles. The molecule has 0 unspecified atom stereocenters. The molecule has 0 aliphatic rings. The van der Waals surface area contributed by atoms with Crippen LogP contribution >= 0.6 is 0 Å². The molecule has 27 heavy (non-hydrogen) atoms. The predicted molar refractivity (Wildman–Crippen MR) is 92.3 cm³/mol. The van der Waals surface area contributed by atoms with Crippen molar-refractivity contribution in [2.24, 2.45) is 0 Å². The first-order chi connectivity index (χ1) is 13.0. The number of hydrogen-bond donors (Lipinski definition) is 0. The highest BCUT2D eigenvalue weighted by molar-refractivity contribution is 6.00. The van der Waals surface area contributed by atoms with Gasteiger partial charge in [-0.2, -0.15) is 0 Å². The number of carbonyl (C=O) groups excluding carboxylic acids is 2. The van der Waals surface area contributed by atoms with Crippen LogP contribution in [0.25, 0.3) is 10.8 Å². The van der Waals surface area contributed by atoms with Gasteiger partial charge in [-0.05, 0) is 32.0 Å². The Morgan fingerprint density at radius 1 is 0.815 bits per heavy atom. The highest BCUT2D eigenvalue weighted by atomic mass is 19.1. The minimum absolute atomic E-state index is 0.00256. The van der Waals surface area contributed by atoms with Crippen LogP contribution in [-0.2, 0) is 9.47 Å². The zero-order chi connectivity index (χ0) is 20.0. The van der Waals surface area contributed by atoms with Crippen molar-refractivity contribution in [2.75, 3.05) is 27.4 Å². The predicted octanol–water partition coefficient (Wildman–Crippen LogP) is 4.07. The van der Waals surface area contributed by atoms with Gasteiger partial charge in [-0.1, -0.05) is 0 Å². The molecule has 2 aromatic carbocycles. The van der Waals surface area contributed by atoms with Crippen molar-refractivity contribution >= 4 is 23.1 Å². The number of methoxy groups -OCH3 is 2. The summed E-state index contributed by atoms with van der Waals surface area (Å²) in [6.45, 7) is 3.74.